The summed E-state index contributed by atoms with van der Waals surface area (Å²) in [6.45, 7) is 0. The van der Waals surface area contributed by atoms with Crippen LogP contribution in [0.5, 0.6) is 0 Å². The Morgan fingerprint density at radius 1 is 1.13 bits per heavy atom. The maximum Gasteiger partial charge on any atom is 0.416 e. The van der Waals surface area contributed by atoms with Gasteiger partial charge in [-0.1, -0.05) is 0 Å². The molecule has 0 N–H and O–H groups in total. The Balaban J connectivity index is 3.29. The van der Waals surface area contributed by atoms with E-state index in [1.54, 1.807) is 0 Å². The summed E-state index contributed by atoms with van der Waals surface area (Å²) in [4.78, 5) is 10.2. The van der Waals surface area contributed by atoms with E-state index >= 15 is 0 Å². The number of halogens is 5. The van der Waals surface area contributed by atoms with Gasteiger partial charge < -0.3 is 0 Å². The minimum absolute atomic E-state index is 0.0983. The number of carbonyl (C=O) groups excluding carboxylic acids is 1. The predicted molar refractivity (Wildman–Crippen MR) is 41.8 cm³/mol. The van der Waals surface area contributed by atoms with Crippen molar-refractivity contribution in [2.75, 3.05) is 0 Å². The van der Waals surface area contributed by atoms with Crippen molar-refractivity contribution in [1.29, 1.82) is 0 Å². The van der Waals surface area contributed by atoms with Crippen LogP contribution in [0.1, 0.15) is 27.9 Å². The average Bonchev–Trinajstić information content (AvgIpc) is 2.15. The fourth-order valence-corrected chi connectivity index (χ4v) is 1.03. The van der Waals surface area contributed by atoms with Crippen molar-refractivity contribution in [2.24, 2.45) is 0 Å². The van der Waals surface area contributed by atoms with Crippen LogP contribution in [0.25, 0.3) is 0 Å². The molecule has 0 saturated carbocycles. The zero-order chi connectivity index (χ0) is 11.6. The third-order valence-corrected chi connectivity index (χ3v) is 1.69. The molecule has 0 bridgehead atoms. The summed E-state index contributed by atoms with van der Waals surface area (Å²) in [6.07, 6.45) is -7.67. The van der Waals surface area contributed by atoms with Crippen LogP contribution in [0, 0.1) is 0 Å². The molecule has 0 unspecified atom stereocenters. The molecule has 0 spiro atoms. The Morgan fingerprint density at radius 2 is 1.73 bits per heavy atom. The van der Waals surface area contributed by atoms with Gasteiger partial charge in [0.05, 0.1) is 5.56 Å². The van der Waals surface area contributed by atoms with Gasteiger partial charge in [0.15, 0.2) is 0 Å². The molecule has 82 valence electrons. The molecule has 0 heterocycles. The second-order valence-corrected chi connectivity index (χ2v) is 2.80. The third kappa shape index (κ3) is 2.74. The molecule has 15 heavy (non-hydrogen) atoms. The summed E-state index contributed by atoms with van der Waals surface area (Å²) in [5, 5.41) is 0. The van der Waals surface area contributed by atoms with Crippen LogP contribution < -0.4 is 0 Å². The standard InChI is InChI=1S/C9H5F5O/c10-8(11)6-1-5(4-15)2-7(3-6)9(12,13)14/h1-4,8H. The van der Waals surface area contributed by atoms with E-state index in [-0.39, 0.29) is 6.29 Å². The number of benzene rings is 1. The van der Waals surface area contributed by atoms with Crippen molar-refractivity contribution < 1.29 is 26.7 Å². The Kier molecular flexibility index (Phi) is 3.06. The fourth-order valence-electron chi connectivity index (χ4n) is 1.03. The SMILES string of the molecule is O=Cc1cc(C(F)F)cc(C(F)(F)F)c1. The number of rotatable bonds is 2. The van der Waals surface area contributed by atoms with E-state index in [0.717, 1.165) is 6.07 Å². The van der Waals surface area contributed by atoms with Crippen molar-refractivity contribution in [1.82, 2.24) is 0 Å². The van der Waals surface area contributed by atoms with Gasteiger partial charge in [0.1, 0.15) is 6.29 Å². The van der Waals surface area contributed by atoms with Gasteiger partial charge in [-0.15, -0.1) is 0 Å². The highest BCUT2D eigenvalue weighted by molar-refractivity contribution is 5.75. The third-order valence-electron chi connectivity index (χ3n) is 1.69. The lowest BCUT2D eigenvalue weighted by Crippen LogP contribution is -2.06. The number of hydrogen-bond donors (Lipinski definition) is 0. The van der Waals surface area contributed by atoms with Crippen molar-refractivity contribution >= 4 is 6.29 Å². The first kappa shape index (κ1) is 11.6. The second kappa shape index (κ2) is 3.96. The summed E-state index contributed by atoms with van der Waals surface area (Å²) in [7, 11) is 0. The van der Waals surface area contributed by atoms with Gasteiger partial charge in [0.2, 0.25) is 0 Å². The van der Waals surface area contributed by atoms with E-state index in [1.165, 1.54) is 0 Å². The molecular formula is C9H5F5O. The van der Waals surface area contributed by atoms with Crippen molar-refractivity contribution in [2.45, 2.75) is 12.6 Å². The highest BCUT2D eigenvalue weighted by Crippen LogP contribution is 2.32. The van der Waals surface area contributed by atoms with E-state index in [2.05, 4.69) is 0 Å². The number of aldehydes is 1. The van der Waals surface area contributed by atoms with Crippen LogP contribution in [0.15, 0.2) is 18.2 Å². The Labute approximate surface area is 81.5 Å². The van der Waals surface area contributed by atoms with E-state index in [9.17, 15) is 26.7 Å². The number of hydrogen-bond acceptors (Lipinski definition) is 1. The lowest BCUT2D eigenvalue weighted by Gasteiger charge is -2.09. The molecule has 0 saturated heterocycles. The second-order valence-electron chi connectivity index (χ2n) is 2.80. The lowest BCUT2D eigenvalue weighted by atomic mass is 10.1. The lowest BCUT2D eigenvalue weighted by molar-refractivity contribution is -0.137. The van der Waals surface area contributed by atoms with Crippen molar-refractivity contribution in [3.05, 3.63) is 34.9 Å². The molecule has 1 aromatic carbocycles. The summed E-state index contributed by atoms with van der Waals surface area (Å²) in [5.41, 5.74) is -2.48. The zero-order valence-electron chi connectivity index (χ0n) is 7.18. The van der Waals surface area contributed by atoms with Crippen molar-refractivity contribution in [3.8, 4) is 0 Å². The van der Waals surface area contributed by atoms with Gasteiger partial charge in [-0.3, -0.25) is 4.79 Å². The highest BCUT2D eigenvalue weighted by atomic mass is 19.4. The monoisotopic (exact) mass is 224 g/mol. The Morgan fingerprint density at radius 3 is 2.13 bits per heavy atom. The highest BCUT2D eigenvalue weighted by Gasteiger charge is 2.31. The Bertz CT molecular complexity index is 369. The molecule has 0 fully saturated rings. The van der Waals surface area contributed by atoms with Gasteiger partial charge in [0.25, 0.3) is 6.43 Å². The van der Waals surface area contributed by atoms with Crippen LogP contribution in [0.2, 0.25) is 0 Å². The van der Waals surface area contributed by atoms with Gasteiger partial charge in [0, 0.05) is 11.1 Å². The van der Waals surface area contributed by atoms with Gasteiger partial charge in [-0.25, -0.2) is 8.78 Å². The molecular weight excluding hydrogens is 219 g/mol. The topological polar surface area (TPSA) is 17.1 Å². The van der Waals surface area contributed by atoms with Gasteiger partial charge >= 0.3 is 6.18 Å². The molecule has 0 radical (unpaired) electrons. The molecule has 0 aliphatic rings. The summed E-state index contributed by atoms with van der Waals surface area (Å²) < 4.78 is 60.9. The van der Waals surface area contributed by atoms with Gasteiger partial charge in [-0.05, 0) is 18.2 Å². The molecule has 0 aliphatic heterocycles. The predicted octanol–water partition coefficient (Wildman–Crippen LogP) is 3.46. The summed E-state index contributed by atoms with van der Waals surface area (Å²) in [6, 6.07) is 1.59. The quantitative estimate of drug-likeness (QED) is 0.555. The molecule has 1 rings (SSSR count). The van der Waals surface area contributed by atoms with E-state index in [4.69, 9.17) is 0 Å². The maximum absolute atomic E-state index is 12.2. The largest absolute Gasteiger partial charge is 0.416 e. The van der Waals surface area contributed by atoms with Crippen LogP contribution in [0.4, 0.5) is 22.0 Å². The van der Waals surface area contributed by atoms with E-state index in [1.807, 2.05) is 0 Å². The normalized spacial score (nSPS) is 11.9. The van der Waals surface area contributed by atoms with Crippen LogP contribution in [0.3, 0.4) is 0 Å². The molecule has 6 heteroatoms. The van der Waals surface area contributed by atoms with Gasteiger partial charge in [-0.2, -0.15) is 13.2 Å². The smallest absolute Gasteiger partial charge is 0.298 e. The maximum atomic E-state index is 12.2. The molecule has 0 aromatic heterocycles. The summed E-state index contributed by atoms with van der Waals surface area (Å²) >= 11 is 0. The number of carbonyl (C=O) groups is 1. The Hall–Kier alpha value is -1.46. The van der Waals surface area contributed by atoms with E-state index < -0.39 is 29.3 Å². The van der Waals surface area contributed by atoms with Crippen LogP contribution >= 0.6 is 0 Å². The summed E-state index contributed by atoms with van der Waals surface area (Å²) in [5.74, 6) is 0. The fraction of sp³-hybridized carbons (Fsp3) is 0.222. The molecule has 1 nitrogen and oxygen atoms in total. The van der Waals surface area contributed by atoms with Crippen LogP contribution in [-0.4, -0.2) is 6.29 Å². The zero-order valence-corrected chi connectivity index (χ0v) is 7.18. The first-order valence-electron chi connectivity index (χ1n) is 3.80. The minimum Gasteiger partial charge on any atom is -0.298 e. The molecule has 1 aromatic rings. The first-order valence-corrected chi connectivity index (χ1v) is 3.80. The first-order chi connectivity index (χ1) is 6.84. The molecule has 0 amide bonds. The average molecular weight is 224 g/mol. The van der Waals surface area contributed by atoms with Crippen LogP contribution in [-0.2, 0) is 6.18 Å². The number of alkyl halides is 5. The van der Waals surface area contributed by atoms with Crippen molar-refractivity contribution in [3.63, 3.8) is 0 Å². The molecule has 0 atom stereocenters. The minimum atomic E-state index is -4.73. The molecule has 0 aliphatic carbocycles. The van der Waals surface area contributed by atoms with E-state index in [0.29, 0.717) is 12.1 Å².